The Morgan fingerprint density at radius 2 is 1.48 bits per heavy atom. The van der Waals surface area contributed by atoms with Gasteiger partial charge >= 0.3 is 0 Å². The Morgan fingerprint density at radius 1 is 0.897 bits per heavy atom. The number of hydrogen-bond acceptors (Lipinski definition) is 3. The van der Waals surface area contributed by atoms with Crippen molar-refractivity contribution < 1.29 is 4.79 Å². The van der Waals surface area contributed by atoms with E-state index in [0.717, 1.165) is 28.2 Å². The highest BCUT2D eigenvalue weighted by molar-refractivity contribution is 5.91. The van der Waals surface area contributed by atoms with Crippen LogP contribution in [-0.4, -0.2) is 21.1 Å². The molecule has 5 heteroatoms. The second-order valence-electron chi connectivity index (χ2n) is 6.95. The molecular formula is C24H22N4O. The largest absolute Gasteiger partial charge is 0.326 e. The topological polar surface area (TPSA) is 70.7 Å². The maximum absolute atomic E-state index is 12.8. The normalized spacial score (nSPS) is 10.8. The zero-order valence-electron chi connectivity index (χ0n) is 16.2. The second-order valence-corrected chi connectivity index (χ2v) is 6.95. The van der Waals surface area contributed by atoms with Crippen molar-refractivity contribution in [1.29, 1.82) is 0 Å². The van der Waals surface area contributed by atoms with Crippen molar-refractivity contribution in [2.75, 3.05) is 5.32 Å². The summed E-state index contributed by atoms with van der Waals surface area (Å²) in [6.45, 7) is 1.86. The van der Waals surface area contributed by atoms with Crippen molar-refractivity contribution in [3.63, 3.8) is 0 Å². The molecule has 0 bridgehead atoms. The minimum absolute atomic E-state index is 0.00732. The molecule has 0 radical (unpaired) electrons. The van der Waals surface area contributed by atoms with Gasteiger partial charge in [-0.25, -0.2) is 4.98 Å². The molecule has 5 nitrogen and oxygen atoms in total. The summed E-state index contributed by atoms with van der Waals surface area (Å²) in [6, 6.07) is 27.8. The number of nitrogens with one attached hydrogen (secondary N) is 2. The van der Waals surface area contributed by atoms with Crippen LogP contribution in [0.1, 0.15) is 29.3 Å². The highest BCUT2D eigenvalue weighted by atomic mass is 16.1. The number of carbonyl (C=O) groups is 1. The van der Waals surface area contributed by atoms with Crippen molar-refractivity contribution in [3.05, 3.63) is 102 Å². The number of rotatable bonds is 6. The van der Waals surface area contributed by atoms with E-state index in [1.54, 1.807) is 0 Å². The van der Waals surface area contributed by atoms with Crippen LogP contribution >= 0.6 is 0 Å². The fraction of sp³-hybridized carbons (Fsp3) is 0.125. The summed E-state index contributed by atoms with van der Waals surface area (Å²) in [5.74, 6) is 1.40. The lowest BCUT2D eigenvalue weighted by Crippen LogP contribution is -2.16. The number of aromatic nitrogens is 3. The van der Waals surface area contributed by atoms with Gasteiger partial charge in [-0.15, -0.1) is 0 Å². The maximum Gasteiger partial charge on any atom is 0.225 e. The molecule has 2 N–H and O–H groups in total. The van der Waals surface area contributed by atoms with Gasteiger partial charge < -0.3 is 5.32 Å². The van der Waals surface area contributed by atoms with Gasteiger partial charge in [-0.1, -0.05) is 60.7 Å². The first kappa shape index (κ1) is 18.6. The number of nitrogens with zero attached hydrogens (tertiary/aromatic N) is 2. The number of H-pyrrole nitrogens is 1. The second kappa shape index (κ2) is 8.52. The fourth-order valence-corrected chi connectivity index (χ4v) is 3.37. The summed E-state index contributed by atoms with van der Waals surface area (Å²) >= 11 is 0. The van der Waals surface area contributed by atoms with Crippen LogP contribution in [0.3, 0.4) is 0 Å². The van der Waals surface area contributed by atoms with Gasteiger partial charge in [0, 0.05) is 23.6 Å². The lowest BCUT2D eigenvalue weighted by molar-refractivity contribution is -0.116. The lowest BCUT2D eigenvalue weighted by atomic mass is 9.88. The number of benzene rings is 3. The van der Waals surface area contributed by atoms with Gasteiger partial charge in [-0.2, -0.15) is 5.10 Å². The van der Waals surface area contributed by atoms with Gasteiger partial charge in [-0.05, 0) is 42.3 Å². The molecule has 0 aliphatic heterocycles. The average Bonchev–Trinajstić information content (AvgIpc) is 3.20. The number of amides is 1. The van der Waals surface area contributed by atoms with E-state index in [4.69, 9.17) is 0 Å². The van der Waals surface area contributed by atoms with Crippen LogP contribution in [0, 0.1) is 6.92 Å². The third-order valence-electron chi connectivity index (χ3n) is 4.82. The molecule has 4 aromatic rings. The fourth-order valence-electron chi connectivity index (χ4n) is 3.37. The summed E-state index contributed by atoms with van der Waals surface area (Å²) in [5.41, 5.74) is 3.91. The minimum atomic E-state index is -0.0239. The monoisotopic (exact) mass is 382 g/mol. The average molecular weight is 382 g/mol. The van der Waals surface area contributed by atoms with Crippen LogP contribution < -0.4 is 5.32 Å². The first-order valence-electron chi connectivity index (χ1n) is 9.58. The predicted octanol–water partition coefficient (Wildman–Crippen LogP) is 4.94. The molecule has 0 aliphatic rings. The first-order chi connectivity index (χ1) is 14.2. The molecule has 0 unspecified atom stereocenters. The molecule has 4 rings (SSSR count). The van der Waals surface area contributed by atoms with Crippen LogP contribution in [0.25, 0.3) is 11.4 Å². The van der Waals surface area contributed by atoms with Crippen LogP contribution in [0.5, 0.6) is 0 Å². The zero-order chi connectivity index (χ0) is 20.1. The van der Waals surface area contributed by atoms with Crippen molar-refractivity contribution in [3.8, 4) is 11.4 Å². The Labute approximate surface area is 169 Å². The quantitative estimate of drug-likeness (QED) is 0.496. The van der Waals surface area contributed by atoms with Gasteiger partial charge in [-0.3, -0.25) is 9.89 Å². The summed E-state index contributed by atoms with van der Waals surface area (Å²) in [6.07, 6.45) is 0.371. The number of hydrogen-bond donors (Lipinski definition) is 2. The van der Waals surface area contributed by atoms with E-state index in [1.165, 1.54) is 0 Å². The number of anilines is 1. The Hall–Kier alpha value is -3.73. The van der Waals surface area contributed by atoms with E-state index in [0.29, 0.717) is 12.2 Å². The Kier molecular flexibility index (Phi) is 5.47. The van der Waals surface area contributed by atoms with Crippen molar-refractivity contribution >= 4 is 11.6 Å². The maximum atomic E-state index is 12.8. The Balaban J connectivity index is 1.48. The molecule has 0 fully saturated rings. The molecule has 1 aromatic heterocycles. The van der Waals surface area contributed by atoms with E-state index in [1.807, 2.05) is 67.6 Å². The highest BCUT2D eigenvalue weighted by Gasteiger charge is 2.18. The number of aromatic amines is 1. The third-order valence-corrected chi connectivity index (χ3v) is 4.82. The van der Waals surface area contributed by atoms with Crippen molar-refractivity contribution in [2.45, 2.75) is 19.3 Å². The van der Waals surface area contributed by atoms with Crippen LogP contribution in [0.4, 0.5) is 5.69 Å². The molecule has 1 heterocycles. The van der Waals surface area contributed by atoms with Gasteiger partial charge in [0.05, 0.1) is 0 Å². The SMILES string of the molecule is Cc1nc(-c2ccc(NC(=O)CC(c3ccccc3)c3ccccc3)cc2)n[nH]1. The summed E-state index contributed by atoms with van der Waals surface area (Å²) in [4.78, 5) is 17.1. The highest BCUT2D eigenvalue weighted by Crippen LogP contribution is 2.28. The molecule has 0 saturated carbocycles. The minimum Gasteiger partial charge on any atom is -0.326 e. The van der Waals surface area contributed by atoms with Gasteiger partial charge in [0.25, 0.3) is 0 Å². The summed E-state index contributed by atoms with van der Waals surface area (Å²) < 4.78 is 0. The zero-order valence-corrected chi connectivity index (χ0v) is 16.2. The van der Waals surface area contributed by atoms with Gasteiger partial charge in [0.1, 0.15) is 5.82 Å². The molecular weight excluding hydrogens is 360 g/mol. The molecule has 0 aliphatic carbocycles. The third kappa shape index (κ3) is 4.58. The molecule has 0 saturated heterocycles. The van der Waals surface area contributed by atoms with E-state index >= 15 is 0 Å². The summed E-state index contributed by atoms with van der Waals surface area (Å²) in [5, 5.41) is 10.0. The first-order valence-corrected chi connectivity index (χ1v) is 9.58. The molecule has 29 heavy (non-hydrogen) atoms. The molecule has 144 valence electrons. The van der Waals surface area contributed by atoms with E-state index in [-0.39, 0.29) is 11.8 Å². The van der Waals surface area contributed by atoms with Crippen LogP contribution in [0.2, 0.25) is 0 Å². The van der Waals surface area contributed by atoms with Gasteiger partial charge in [0.15, 0.2) is 5.82 Å². The summed E-state index contributed by atoms with van der Waals surface area (Å²) in [7, 11) is 0. The predicted molar refractivity (Wildman–Crippen MR) is 115 cm³/mol. The smallest absolute Gasteiger partial charge is 0.225 e. The molecule has 3 aromatic carbocycles. The van der Waals surface area contributed by atoms with E-state index < -0.39 is 0 Å². The molecule has 0 atom stereocenters. The van der Waals surface area contributed by atoms with Gasteiger partial charge in [0.2, 0.25) is 5.91 Å². The lowest BCUT2D eigenvalue weighted by Gasteiger charge is -2.18. The van der Waals surface area contributed by atoms with Crippen molar-refractivity contribution in [2.24, 2.45) is 0 Å². The Morgan fingerprint density at radius 3 is 2.00 bits per heavy atom. The van der Waals surface area contributed by atoms with Crippen LogP contribution in [0.15, 0.2) is 84.9 Å². The van der Waals surface area contributed by atoms with Crippen molar-refractivity contribution in [1.82, 2.24) is 15.2 Å². The standard InChI is InChI=1S/C24H22N4O/c1-17-25-24(28-27-17)20-12-14-21(15-13-20)26-23(29)16-22(18-8-4-2-5-9-18)19-10-6-3-7-11-19/h2-15,22H,16H2,1H3,(H,26,29)(H,25,27,28). The van der Waals surface area contributed by atoms with E-state index in [2.05, 4.69) is 44.8 Å². The molecule has 0 spiro atoms. The number of aryl methyl sites for hydroxylation is 1. The molecule has 1 amide bonds. The number of carbonyl (C=O) groups excluding carboxylic acids is 1. The van der Waals surface area contributed by atoms with E-state index in [9.17, 15) is 4.79 Å². The Bertz CT molecular complexity index is 1030. The van der Waals surface area contributed by atoms with Crippen LogP contribution in [-0.2, 0) is 4.79 Å².